The van der Waals surface area contributed by atoms with Gasteiger partial charge in [-0.3, -0.25) is 4.79 Å². The molecule has 0 saturated heterocycles. The van der Waals surface area contributed by atoms with E-state index < -0.39 is 0 Å². The van der Waals surface area contributed by atoms with Crippen LogP contribution in [0.1, 0.15) is 54.1 Å². The fourth-order valence-corrected chi connectivity index (χ4v) is 4.76. The number of rotatable bonds is 8. The first-order valence-corrected chi connectivity index (χ1v) is 10.8. The summed E-state index contributed by atoms with van der Waals surface area (Å²) in [6.07, 6.45) is 5.65. The molecule has 1 aliphatic carbocycles. The van der Waals surface area contributed by atoms with Gasteiger partial charge < -0.3 is 15.0 Å². The van der Waals surface area contributed by atoms with E-state index in [4.69, 9.17) is 4.74 Å². The molecule has 162 valence electrons. The third-order valence-electron chi connectivity index (χ3n) is 6.30. The Morgan fingerprint density at radius 3 is 2.40 bits per heavy atom. The second-order valence-electron chi connectivity index (χ2n) is 8.49. The molecule has 4 nitrogen and oxygen atoms in total. The number of ether oxygens (including phenoxy) is 1. The second-order valence-corrected chi connectivity index (χ2v) is 8.49. The summed E-state index contributed by atoms with van der Waals surface area (Å²) in [5, 5.41) is 3.04. The maximum Gasteiger partial charge on any atom is 0.255 e. The van der Waals surface area contributed by atoms with Crippen molar-refractivity contribution < 1.29 is 13.9 Å². The van der Waals surface area contributed by atoms with E-state index in [0.717, 1.165) is 19.3 Å². The van der Waals surface area contributed by atoms with Gasteiger partial charge in [0.2, 0.25) is 0 Å². The smallest absolute Gasteiger partial charge is 0.255 e. The standard InChI is InChI=1S/C25H33FN2O2/c1-28(2)24(20-12-14-21(26)15-13-20)19-10-8-18(9-11-19)16-17-27-25(29)22-6-4-5-7-23(22)30-3/h4-7,12-15,18-19,24H,8-11,16-17H2,1-3H3,(H,27,29). The van der Waals surface area contributed by atoms with Gasteiger partial charge in [0.05, 0.1) is 12.7 Å². The van der Waals surface area contributed by atoms with Gasteiger partial charge in [0.1, 0.15) is 11.6 Å². The van der Waals surface area contributed by atoms with Gasteiger partial charge in [-0.25, -0.2) is 4.39 Å². The molecule has 1 amide bonds. The number of amides is 1. The normalized spacial score (nSPS) is 20.0. The zero-order chi connectivity index (χ0) is 21.5. The summed E-state index contributed by atoms with van der Waals surface area (Å²) in [5.74, 6) is 1.55. The number of carbonyl (C=O) groups excluding carboxylic acids is 1. The summed E-state index contributed by atoms with van der Waals surface area (Å²) >= 11 is 0. The first-order valence-electron chi connectivity index (χ1n) is 10.8. The summed E-state index contributed by atoms with van der Waals surface area (Å²) in [6.45, 7) is 0.682. The van der Waals surface area contributed by atoms with Crippen LogP contribution in [0.3, 0.4) is 0 Å². The van der Waals surface area contributed by atoms with E-state index >= 15 is 0 Å². The number of methoxy groups -OCH3 is 1. The first kappa shape index (κ1) is 22.3. The Hall–Kier alpha value is -2.40. The molecular weight excluding hydrogens is 379 g/mol. The lowest BCUT2D eigenvalue weighted by Gasteiger charge is -2.37. The predicted octanol–water partition coefficient (Wildman–Crippen LogP) is 5.06. The van der Waals surface area contributed by atoms with Crippen LogP contribution < -0.4 is 10.1 Å². The van der Waals surface area contributed by atoms with Gasteiger partial charge in [-0.05, 0) is 75.0 Å². The number of benzene rings is 2. The molecule has 0 radical (unpaired) electrons. The molecule has 1 fully saturated rings. The lowest BCUT2D eigenvalue weighted by molar-refractivity contribution is 0.0944. The van der Waals surface area contributed by atoms with E-state index in [1.807, 2.05) is 24.3 Å². The van der Waals surface area contributed by atoms with Crippen LogP contribution >= 0.6 is 0 Å². The van der Waals surface area contributed by atoms with Crippen molar-refractivity contribution in [3.05, 3.63) is 65.5 Å². The van der Waals surface area contributed by atoms with Gasteiger partial charge in [-0.2, -0.15) is 0 Å². The van der Waals surface area contributed by atoms with Gasteiger partial charge in [-0.1, -0.05) is 37.1 Å². The minimum Gasteiger partial charge on any atom is -0.496 e. The number of hydrogen-bond acceptors (Lipinski definition) is 3. The maximum absolute atomic E-state index is 13.3. The highest BCUT2D eigenvalue weighted by molar-refractivity contribution is 5.96. The van der Waals surface area contributed by atoms with Crippen molar-refractivity contribution in [2.24, 2.45) is 11.8 Å². The monoisotopic (exact) mass is 412 g/mol. The van der Waals surface area contributed by atoms with Crippen molar-refractivity contribution in [1.29, 1.82) is 0 Å². The molecule has 0 aromatic heterocycles. The molecule has 1 saturated carbocycles. The highest BCUT2D eigenvalue weighted by Crippen LogP contribution is 2.40. The lowest BCUT2D eigenvalue weighted by atomic mass is 9.75. The molecule has 3 rings (SSSR count). The molecule has 0 bridgehead atoms. The highest BCUT2D eigenvalue weighted by atomic mass is 19.1. The summed E-state index contributed by atoms with van der Waals surface area (Å²) < 4.78 is 18.6. The van der Waals surface area contributed by atoms with Crippen LogP contribution in [0.2, 0.25) is 0 Å². The fraction of sp³-hybridized carbons (Fsp3) is 0.480. The average molecular weight is 413 g/mol. The number of hydrogen-bond donors (Lipinski definition) is 1. The van der Waals surface area contributed by atoms with Crippen LogP contribution in [-0.2, 0) is 0 Å². The van der Waals surface area contributed by atoms with Crippen molar-refractivity contribution in [2.75, 3.05) is 27.7 Å². The molecule has 0 spiro atoms. The van der Waals surface area contributed by atoms with Crippen LogP contribution in [0.15, 0.2) is 48.5 Å². The van der Waals surface area contributed by atoms with Crippen molar-refractivity contribution in [1.82, 2.24) is 10.2 Å². The second kappa shape index (κ2) is 10.6. The van der Waals surface area contributed by atoms with Crippen LogP contribution in [0.5, 0.6) is 5.75 Å². The number of nitrogens with one attached hydrogen (secondary N) is 1. The maximum atomic E-state index is 13.3. The van der Waals surface area contributed by atoms with Crippen LogP contribution in [0.4, 0.5) is 4.39 Å². The minimum atomic E-state index is -0.185. The summed E-state index contributed by atoms with van der Waals surface area (Å²) in [5.41, 5.74) is 1.77. The van der Waals surface area contributed by atoms with E-state index in [0.29, 0.717) is 35.7 Å². The van der Waals surface area contributed by atoms with Crippen molar-refractivity contribution in [3.63, 3.8) is 0 Å². The van der Waals surface area contributed by atoms with Gasteiger partial charge >= 0.3 is 0 Å². The summed E-state index contributed by atoms with van der Waals surface area (Å²) in [7, 11) is 5.79. The molecule has 2 aromatic rings. The summed E-state index contributed by atoms with van der Waals surface area (Å²) in [6, 6.07) is 14.6. The Labute approximate surface area is 179 Å². The van der Waals surface area contributed by atoms with Crippen molar-refractivity contribution in [3.8, 4) is 5.75 Å². The van der Waals surface area contributed by atoms with Crippen LogP contribution in [0.25, 0.3) is 0 Å². The Morgan fingerprint density at radius 1 is 1.10 bits per heavy atom. The minimum absolute atomic E-state index is 0.0786. The Bertz CT molecular complexity index is 814. The molecule has 2 aromatic carbocycles. The van der Waals surface area contributed by atoms with E-state index in [1.54, 1.807) is 31.4 Å². The average Bonchev–Trinajstić information content (AvgIpc) is 2.76. The van der Waals surface area contributed by atoms with E-state index in [2.05, 4.69) is 24.3 Å². The number of nitrogens with zero attached hydrogens (tertiary/aromatic N) is 1. The number of halogens is 1. The molecule has 1 atom stereocenters. The van der Waals surface area contributed by atoms with Gasteiger partial charge in [-0.15, -0.1) is 0 Å². The first-order chi connectivity index (χ1) is 14.5. The van der Waals surface area contributed by atoms with Crippen molar-refractivity contribution >= 4 is 5.91 Å². The Kier molecular flexibility index (Phi) is 7.86. The fourth-order valence-electron chi connectivity index (χ4n) is 4.76. The molecule has 0 heterocycles. The molecule has 1 aliphatic rings. The van der Waals surface area contributed by atoms with E-state index in [-0.39, 0.29) is 11.7 Å². The molecule has 0 aliphatic heterocycles. The van der Waals surface area contributed by atoms with Gasteiger partial charge in [0.15, 0.2) is 0 Å². The van der Waals surface area contributed by atoms with E-state index in [9.17, 15) is 9.18 Å². The molecule has 1 unspecified atom stereocenters. The predicted molar refractivity (Wildman–Crippen MR) is 118 cm³/mol. The largest absolute Gasteiger partial charge is 0.496 e. The van der Waals surface area contributed by atoms with Crippen LogP contribution in [0, 0.1) is 17.7 Å². The topological polar surface area (TPSA) is 41.6 Å². The quantitative estimate of drug-likeness (QED) is 0.659. The van der Waals surface area contributed by atoms with Gasteiger partial charge in [0, 0.05) is 12.6 Å². The summed E-state index contributed by atoms with van der Waals surface area (Å²) in [4.78, 5) is 14.7. The lowest BCUT2D eigenvalue weighted by Crippen LogP contribution is -2.31. The Morgan fingerprint density at radius 2 is 1.77 bits per heavy atom. The number of para-hydroxylation sites is 1. The van der Waals surface area contributed by atoms with Crippen molar-refractivity contribution in [2.45, 2.75) is 38.1 Å². The molecule has 30 heavy (non-hydrogen) atoms. The zero-order valence-electron chi connectivity index (χ0n) is 18.2. The molecular formula is C25H33FN2O2. The SMILES string of the molecule is COc1ccccc1C(=O)NCCC1CCC(C(c2ccc(F)cc2)N(C)C)CC1. The highest BCUT2D eigenvalue weighted by Gasteiger charge is 2.30. The zero-order valence-corrected chi connectivity index (χ0v) is 18.2. The number of carbonyl (C=O) groups is 1. The van der Waals surface area contributed by atoms with Gasteiger partial charge in [0.25, 0.3) is 5.91 Å². The van der Waals surface area contributed by atoms with Crippen LogP contribution in [-0.4, -0.2) is 38.6 Å². The molecule has 1 N–H and O–H groups in total. The third-order valence-corrected chi connectivity index (χ3v) is 6.30. The molecule has 5 heteroatoms. The Balaban J connectivity index is 1.48. The third kappa shape index (κ3) is 5.60. The van der Waals surface area contributed by atoms with E-state index in [1.165, 1.54) is 18.4 Å².